The summed E-state index contributed by atoms with van der Waals surface area (Å²) in [5, 5.41) is 8.05. The van der Waals surface area contributed by atoms with Crippen LogP contribution >= 0.6 is 0 Å². The number of piperidine rings is 1. The molecule has 1 atom stereocenters. The van der Waals surface area contributed by atoms with Crippen molar-refractivity contribution in [3.05, 3.63) is 41.6 Å². The summed E-state index contributed by atoms with van der Waals surface area (Å²) in [5.74, 6) is 1.99. The number of rotatable bonds is 7. The van der Waals surface area contributed by atoms with Crippen molar-refractivity contribution in [2.75, 3.05) is 34.4 Å². The van der Waals surface area contributed by atoms with E-state index in [2.05, 4.69) is 10.2 Å². The van der Waals surface area contributed by atoms with E-state index < -0.39 is 0 Å². The van der Waals surface area contributed by atoms with E-state index in [1.54, 1.807) is 56.6 Å². The third kappa shape index (κ3) is 5.20. The van der Waals surface area contributed by atoms with Crippen molar-refractivity contribution in [1.82, 2.24) is 15.1 Å². The van der Waals surface area contributed by atoms with Gasteiger partial charge in [0.15, 0.2) is 11.5 Å². The molecule has 2 aromatic rings. The van der Waals surface area contributed by atoms with Crippen molar-refractivity contribution in [1.29, 1.82) is 0 Å². The minimum absolute atomic E-state index is 0.0768. The second kappa shape index (κ2) is 9.96. The first-order valence-corrected chi connectivity index (χ1v) is 9.78. The average Bonchev–Trinajstić information content (AvgIpc) is 2.78. The van der Waals surface area contributed by atoms with Crippen molar-refractivity contribution in [2.24, 2.45) is 0 Å². The normalized spacial score (nSPS) is 16.4. The van der Waals surface area contributed by atoms with E-state index in [-0.39, 0.29) is 12.0 Å². The van der Waals surface area contributed by atoms with Crippen molar-refractivity contribution >= 4 is 12.0 Å². The van der Waals surface area contributed by atoms with E-state index in [1.165, 1.54) is 0 Å². The van der Waals surface area contributed by atoms with Crippen LogP contribution in [0.4, 0.5) is 0 Å². The largest absolute Gasteiger partial charge is 0.493 e. The molecule has 0 spiro atoms. The Morgan fingerprint density at radius 1 is 1.10 bits per heavy atom. The van der Waals surface area contributed by atoms with Crippen LogP contribution < -0.4 is 18.9 Å². The molecule has 0 N–H and O–H groups in total. The molecule has 1 amide bonds. The summed E-state index contributed by atoms with van der Waals surface area (Å²) in [4.78, 5) is 14.5. The lowest BCUT2D eigenvalue weighted by Crippen LogP contribution is -2.43. The van der Waals surface area contributed by atoms with Gasteiger partial charge in [-0.3, -0.25) is 4.79 Å². The van der Waals surface area contributed by atoms with E-state index in [9.17, 15) is 4.79 Å². The fraction of sp³-hybridized carbons (Fsp3) is 0.409. The Balaban J connectivity index is 1.66. The van der Waals surface area contributed by atoms with Crippen LogP contribution in [0.15, 0.2) is 30.3 Å². The number of aromatic nitrogens is 2. The third-order valence-electron chi connectivity index (χ3n) is 4.86. The lowest BCUT2D eigenvalue weighted by molar-refractivity contribution is -0.128. The summed E-state index contributed by atoms with van der Waals surface area (Å²) in [6, 6.07) is 7.24. The molecule has 1 aromatic heterocycles. The van der Waals surface area contributed by atoms with E-state index in [4.69, 9.17) is 18.9 Å². The average molecular weight is 413 g/mol. The monoisotopic (exact) mass is 413 g/mol. The van der Waals surface area contributed by atoms with Gasteiger partial charge in [0.2, 0.25) is 17.5 Å². The Morgan fingerprint density at radius 3 is 2.43 bits per heavy atom. The van der Waals surface area contributed by atoms with Gasteiger partial charge in [0.25, 0.3) is 0 Å². The Morgan fingerprint density at radius 2 is 1.83 bits per heavy atom. The summed E-state index contributed by atoms with van der Waals surface area (Å²) in [6.45, 7) is 3.07. The Hall–Kier alpha value is -3.29. The van der Waals surface area contributed by atoms with Crippen LogP contribution in [0, 0.1) is 6.92 Å². The first kappa shape index (κ1) is 21.4. The molecule has 1 unspecified atom stereocenters. The van der Waals surface area contributed by atoms with Crippen LogP contribution in [-0.2, 0) is 4.79 Å². The van der Waals surface area contributed by atoms with Gasteiger partial charge in [0.05, 0.1) is 33.6 Å². The highest BCUT2D eigenvalue weighted by Gasteiger charge is 2.24. The lowest BCUT2D eigenvalue weighted by atomic mass is 10.1. The van der Waals surface area contributed by atoms with Gasteiger partial charge in [-0.2, -0.15) is 5.10 Å². The van der Waals surface area contributed by atoms with Crippen molar-refractivity contribution in [3.8, 4) is 23.1 Å². The van der Waals surface area contributed by atoms with Crippen LogP contribution in [0.1, 0.15) is 24.1 Å². The number of nitrogens with zero attached hydrogens (tertiary/aromatic N) is 3. The second-order valence-electron chi connectivity index (χ2n) is 6.97. The molecule has 0 bridgehead atoms. The van der Waals surface area contributed by atoms with Crippen LogP contribution in [0.25, 0.3) is 6.08 Å². The number of ether oxygens (including phenoxy) is 4. The SMILES string of the molecule is COc1cc(/C=C/C(=O)N2CCCC(Oc3ccc(C)nn3)C2)cc(OC)c1OC. The molecule has 30 heavy (non-hydrogen) atoms. The number of hydrogen-bond acceptors (Lipinski definition) is 7. The summed E-state index contributed by atoms with van der Waals surface area (Å²) < 4.78 is 21.9. The van der Waals surface area contributed by atoms with Crippen molar-refractivity contribution in [3.63, 3.8) is 0 Å². The minimum Gasteiger partial charge on any atom is -0.493 e. The predicted octanol–water partition coefficient (Wildman–Crippen LogP) is 2.89. The molecule has 160 valence electrons. The molecule has 0 radical (unpaired) electrons. The molecule has 1 aliphatic rings. The number of hydrogen-bond donors (Lipinski definition) is 0. The molecule has 3 rings (SSSR count). The summed E-state index contributed by atoms with van der Waals surface area (Å²) in [6.07, 6.45) is 4.93. The van der Waals surface area contributed by atoms with Gasteiger partial charge < -0.3 is 23.8 Å². The Bertz CT molecular complexity index is 873. The smallest absolute Gasteiger partial charge is 0.246 e. The Labute approximate surface area is 176 Å². The maximum absolute atomic E-state index is 12.7. The minimum atomic E-state index is -0.103. The Kier molecular flexibility index (Phi) is 7.11. The highest BCUT2D eigenvalue weighted by molar-refractivity contribution is 5.92. The fourth-order valence-electron chi connectivity index (χ4n) is 3.33. The standard InChI is InChI=1S/C22H27N3O5/c1-15-7-9-20(24-23-15)30-17-6-5-11-25(14-17)21(26)10-8-16-12-18(27-2)22(29-4)19(13-16)28-3/h7-10,12-13,17H,5-6,11,14H2,1-4H3/b10-8+. The number of likely N-dealkylation sites (tertiary alicyclic amines) is 1. The third-order valence-corrected chi connectivity index (χ3v) is 4.86. The topological polar surface area (TPSA) is 83.0 Å². The van der Waals surface area contributed by atoms with Gasteiger partial charge in [-0.1, -0.05) is 0 Å². The number of carbonyl (C=O) groups excluding carboxylic acids is 1. The molecule has 2 heterocycles. The van der Waals surface area contributed by atoms with Gasteiger partial charge in [-0.05, 0) is 49.6 Å². The number of aryl methyl sites for hydroxylation is 1. The van der Waals surface area contributed by atoms with Crippen LogP contribution in [0.3, 0.4) is 0 Å². The van der Waals surface area contributed by atoms with Crippen LogP contribution in [0.2, 0.25) is 0 Å². The number of amides is 1. The molecule has 1 aromatic carbocycles. The predicted molar refractivity (Wildman–Crippen MR) is 112 cm³/mol. The quantitative estimate of drug-likeness (QED) is 0.646. The fourth-order valence-corrected chi connectivity index (χ4v) is 3.33. The van der Waals surface area contributed by atoms with E-state index in [0.29, 0.717) is 36.2 Å². The van der Waals surface area contributed by atoms with Crippen LogP contribution in [0.5, 0.6) is 23.1 Å². The van der Waals surface area contributed by atoms with E-state index in [0.717, 1.165) is 24.1 Å². The number of benzene rings is 1. The highest BCUT2D eigenvalue weighted by atomic mass is 16.5. The molecule has 8 heteroatoms. The first-order valence-electron chi connectivity index (χ1n) is 9.78. The molecule has 1 aliphatic heterocycles. The molecular weight excluding hydrogens is 386 g/mol. The second-order valence-corrected chi connectivity index (χ2v) is 6.97. The van der Waals surface area contributed by atoms with Crippen molar-refractivity contribution < 1.29 is 23.7 Å². The molecule has 8 nitrogen and oxygen atoms in total. The molecule has 0 aliphatic carbocycles. The maximum atomic E-state index is 12.7. The highest BCUT2D eigenvalue weighted by Crippen LogP contribution is 2.38. The number of carbonyl (C=O) groups is 1. The first-order chi connectivity index (χ1) is 14.5. The molecule has 0 saturated carbocycles. The number of methoxy groups -OCH3 is 3. The lowest BCUT2D eigenvalue weighted by Gasteiger charge is -2.31. The van der Waals surface area contributed by atoms with E-state index >= 15 is 0 Å². The summed E-state index contributed by atoms with van der Waals surface area (Å²) in [5.41, 5.74) is 1.61. The molecule has 1 fully saturated rings. The van der Waals surface area contributed by atoms with Gasteiger partial charge in [-0.15, -0.1) is 5.10 Å². The van der Waals surface area contributed by atoms with Gasteiger partial charge in [0.1, 0.15) is 6.10 Å². The molecular formula is C22H27N3O5. The zero-order valence-electron chi connectivity index (χ0n) is 17.8. The zero-order chi connectivity index (χ0) is 21.5. The summed E-state index contributed by atoms with van der Waals surface area (Å²) >= 11 is 0. The maximum Gasteiger partial charge on any atom is 0.246 e. The van der Waals surface area contributed by atoms with Crippen LogP contribution in [-0.4, -0.2) is 61.5 Å². The van der Waals surface area contributed by atoms with Gasteiger partial charge in [-0.25, -0.2) is 0 Å². The van der Waals surface area contributed by atoms with Crippen molar-refractivity contribution in [2.45, 2.75) is 25.9 Å². The van der Waals surface area contributed by atoms with Gasteiger partial charge >= 0.3 is 0 Å². The zero-order valence-corrected chi connectivity index (χ0v) is 17.8. The molecule has 1 saturated heterocycles. The van der Waals surface area contributed by atoms with E-state index in [1.807, 2.05) is 13.0 Å². The van der Waals surface area contributed by atoms with Gasteiger partial charge in [0, 0.05) is 18.7 Å². The summed E-state index contributed by atoms with van der Waals surface area (Å²) in [7, 11) is 4.67.